The van der Waals surface area contributed by atoms with Crippen LogP contribution in [0, 0.1) is 0 Å². The third-order valence-corrected chi connectivity index (χ3v) is 7.18. The lowest BCUT2D eigenvalue weighted by Crippen LogP contribution is -2.36. The monoisotopic (exact) mass is 544 g/mol. The molecule has 2 aromatic heterocycles. The first-order chi connectivity index (χ1) is 18.3. The van der Waals surface area contributed by atoms with Gasteiger partial charge in [0.15, 0.2) is 5.78 Å². The fraction of sp³-hybridized carbons (Fsp3) is 0.320. The maximum Gasteiger partial charge on any atom is 0.573 e. The number of ketones is 1. The lowest BCUT2D eigenvalue weighted by Gasteiger charge is -2.30. The molecule has 5 rings (SSSR count). The van der Waals surface area contributed by atoms with Crippen LogP contribution in [0.2, 0.25) is 0 Å². The van der Waals surface area contributed by atoms with Gasteiger partial charge in [0.2, 0.25) is 0 Å². The second-order valence-electron chi connectivity index (χ2n) is 8.76. The van der Waals surface area contributed by atoms with Crippen molar-refractivity contribution in [3.05, 3.63) is 76.5 Å². The third kappa shape index (κ3) is 6.72. The molecule has 2 aromatic carbocycles. The van der Waals surface area contributed by atoms with Crippen molar-refractivity contribution in [2.45, 2.75) is 31.7 Å². The Morgan fingerprint density at radius 1 is 1.03 bits per heavy atom. The summed E-state index contributed by atoms with van der Waals surface area (Å²) in [7, 11) is 0. The van der Waals surface area contributed by atoms with Gasteiger partial charge in [0.05, 0.1) is 22.9 Å². The minimum atomic E-state index is -4.76. The fourth-order valence-electron chi connectivity index (χ4n) is 4.18. The van der Waals surface area contributed by atoms with Gasteiger partial charge >= 0.3 is 6.36 Å². The number of hydrogen-bond donors (Lipinski definition) is 0. The number of tetrazole rings is 1. The van der Waals surface area contributed by atoms with Gasteiger partial charge in [-0.1, -0.05) is 0 Å². The largest absolute Gasteiger partial charge is 0.573 e. The van der Waals surface area contributed by atoms with Crippen LogP contribution in [0.25, 0.3) is 5.69 Å². The van der Waals surface area contributed by atoms with E-state index in [-0.39, 0.29) is 18.1 Å². The number of rotatable bonds is 9. The van der Waals surface area contributed by atoms with Crippen LogP contribution in [-0.4, -0.2) is 61.9 Å². The van der Waals surface area contributed by atoms with Gasteiger partial charge in [0.1, 0.15) is 24.4 Å². The Hall–Kier alpha value is -3.84. The number of likely N-dealkylation sites (tertiary alicyclic amines) is 1. The minimum Gasteiger partial charge on any atom is -0.487 e. The molecule has 1 saturated heterocycles. The highest BCUT2D eigenvalue weighted by Crippen LogP contribution is 2.31. The molecule has 0 amide bonds. The van der Waals surface area contributed by atoms with E-state index in [0.29, 0.717) is 18.1 Å². The third-order valence-electron chi connectivity index (χ3n) is 6.12. The molecule has 3 heterocycles. The molecule has 1 aliphatic rings. The first-order valence-corrected chi connectivity index (χ1v) is 12.7. The molecule has 4 aromatic rings. The molecule has 0 atom stereocenters. The summed E-state index contributed by atoms with van der Waals surface area (Å²) in [5.41, 5.74) is 2.06. The molecule has 0 radical (unpaired) electrons. The SMILES string of the molecule is O=C(CN1CCC(c2nc(COc3ccc(-n4cnnn4)cc3)cs2)CC1)c1ccc(OC(F)(F)F)cc1. The Bertz CT molecular complexity index is 1340. The fourth-order valence-corrected chi connectivity index (χ4v) is 5.16. The number of benzene rings is 2. The number of ether oxygens (including phenoxy) is 2. The van der Waals surface area contributed by atoms with Gasteiger partial charge in [-0.05, 0) is 84.9 Å². The molecule has 0 unspecified atom stereocenters. The average molecular weight is 545 g/mol. The molecule has 38 heavy (non-hydrogen) atoms. The number of hydrogen-bond acceptors (Lipinski definition) is 9. The average Bonchev–Trinajstić information content (AvgIpc) is 3.61. The van der Waals surface area contributed by atoms with E-state index in [1.54, 1.807) is 16.0 Å². The van der Waals surface area contributed by atoms with E-state index in [1.807, 2.05) is 29.6 Å². The van der Waals surface area contributed by atoms with Gasteiger partial charge in [0.25, 0.3) is 0 Å². The number of Topliss-reactive ketones (excluding diaryl/α,β-unsaturated/α-hetero) is 1. The number of thiazole rings is 1. The molecule has 13 heteroatoms. The Morgan fingerprint density at radius 2 is 1.74 bits per heavy atom. The van der Waals surface area contributed by atoms with Crippen molar-refractivity contribution in [3.8, 4) is 17.2 Å². The standard InChI is InChI=1S/C25H23F3N6O3S/c26-25(27,28)37-22-5-1-17(2-6-22)23(35)13-33-11-9-18(10-12-33)24-30-19(15-38-24)14-36-21-7-3-20(4-8-21)34-16-29-31-32-34/h1-8,15-16,18H,9-14H2. The van der Waals surface area contributed by atoms with Crippen molar-refractivity contribution >= 4 is 17.1 Å². The van der Waals surface area contributed by atoms with E-state index >= 15 is 0 Å². The van der Waals surface area contributed by atoms with Crippen LogP contribution in [0.1, 0.15) is 39.8 Å². The minimum absolute atomic E-state index is 0.137. The summed E-state index contributed by atoms with van der Waals surface area (Å²) >= 11 is 1.62. The van der Waals surface area contributed by atoms with Crippen LogP contribution >= 0.6 is 11.3 Å². The Morgan fingerprint density at radius 3 is 2.39 bits per heavy atom. The van der Waals surface area contributed by atoms with E-state index in [0.717, 1.165) is 60.2 Å². The number of carbonyl (C=O) groups excluding carboxylic acids is 1. The highest BCUT2D eigenvalue weighted by molar-refractivity contribution is 7.09. The summed E-state index contributed by atoms with van der Waals surface area (Å²) in [4.78, 5) is 19.4. The summed E-state index contributed by atoms with van der Waals surface area (Å²) < 4.78 is 48.2. The van der Waals surface area contributed by atoms with Crippen LogP contribution in [0.15, 0.2) is 60.2 Å². The van der Waals surface area contributed by atoms with Crippen LogP contribution in [-0.2, 0) is 6.61 Å². The normalized spacial score (nSPS) is 14.9. The zero-order chi connectivity index (χ0) is 26.5. The maximum absolute atomic E-state index is 12.6. The van der Waals surface area contributed by atoms with Gasteiger partial charge < -0.3 is 9.47 Å². The topological polar surface area (TPSA) is 95.3 Å². The Labute approximate surface area is 219 Å². The molecular formula is C25H23F3N6O3S. The van der Waals surface area contributed by atoms with Crippen molar-refractivity contribution < 1.29 is 27.4 Å². The molecule has 0 spiro atoms. The summed E-state index contributed by atoms with van der Waals surface area (Å²) in [5, 5.41) is 14.2. The number of carbonyl (C=O) groups is 1. The summed E-state index contributed by atoms with van der Waals surface area (Å²) in [6.07, 6.45) is -1.49. The molecule has 0 aliphatic carbocycles. The highest BCUT2D eigenvalue weighted by atomic mass is 32.1. The molecule has 0 saturated carbocycles. The van der Waals surface area contributed by atoms with Crippen LogP contribution in [0.5, 0.6) is 11.5 Å². The number of halogens is 3. The zero-order valence-electron chi connectivity index (χ0n) is 20.0. The van der Waals surface area contributed by atoms with Gasteiger partial charge in [-0.2, -0.15) is 0 Å². The predicted molar refractivity (Wildman–Crippen MR) is 131 cm³/mol. The van der Waals surface area contributed by atoms with E-state index in [2.05, 4.69) is 25.2 Å². The van der Waals surface area contributed by atoms with Crippen LogP contribution < -0.4 is 9.47 Å². The molecule has 1 aliphatic heterocycles. The van der Waals surface area contributed by atoms with Crippen molar-refractivity contribution in [2.75, 3.05) is 19.6 Å². The number of aromatic nitrogens is 5. The second kappa shape index (κ2) is 11.3. The van der Waals surface area contributed by atoms with E-state index in [1.165, 1.54) is 18.5 Å². The highest BCUT2D eigenvalue weighted by Gasteiger charge is 2.31. The molecular weight excluding hydrogens is 521 g/mol. The molecule has 0 N–H and O–H groups in total. The van der Waals surface area contributed by atoms with Crippen LogP contribution in [0.3, 0.4) is 0 Å². The smallest absolute Gasteiger partial charge is 0.487 e. The molecule has 9 nitrogen and oxygen atoms in total. The number of nitrogens with zero attached hydrogens (tertiary/aromatic N) is 6. The lowest BCUT2D eigenvalue weighted by molar-refractivity contribution is -0.274. The van der Waals surface area contributed by atoms with Crippen molar-refractivity contribution in [1.29, 1.82) is 0 Å². The predicted octanol–water partition coefficient (Wildman–Crippen LogP) is 4.66. The summed E-state index contributed by atoms with van der Waals surface area (Å²) in [6.45, 7) is 2.06. The van der Waals surface area contributed by atoms with Gasteiger partial charge in [0, 0.05) is 16.9 Å². The summed E-state index contributed by atoms with van der Waals surface area (Å²) in [5.74, 6) is 0.551. The number of alkyl halides is 3. The Kier molecular flexibility index (Phi) is 7.65. The van der Waals surface area contributed by atoms with Gasteiger partial charge in [-0.3, -0.25) is 9.69 Å². The van der Waals surface area contributed by atoms with Crippen molar-refractivity contribution in [3.63, 3.8) is 0 Å². The van der Waals surface area contributed by atoms with Crippen LogP contribution in [0.4, 0.5) is 13.2 Å². The summed E-state index contributed by atoms with van der Waals surface area (Å²) in [6, 6.07) is 12.5. The maximum atomic E-state index is 12.6. The molecule has 0 bridgehead atoms. The molecule has 198 valence electrons. The van der Waals surface area contributed by atoms with Crippen molar-refractivity contribution in [2.24, 2.45) is 0 Å². The quantitative estimate of drug-likeness (QED) is 0.281. The van der Waals surface area contributed by atoms with E-state index in [9.17, 15) is 18.0 Å². The molecule has 1 fully saturated rings. The first kappa shape index (κ1) is 25.8. The Balaban J connectivity index is 1.07. The van der Waals surface area contributed by atoms with Gasteiger partial charge in [-0.25, -0.2) is 9.67 Å². The van der Waals surface area contributed by atoms with E-state index in [4.69, 9.17) is 9.72 Å². The number of piperidine rings is 1. The van der Waals surface area contributed by atoms with Gasteiger partial charge in [-0.15, -0.1) is 29.6 Å². The lowest BCUT2D eigenvalue weighted by atomic mass is 9.97. The zero-order valence-corrected chi connectivity index (χ0v) is 20.9. The van der Waals surface area contributed by atoms with E-state index < -0.39 is 6.36 Å². The van der Waals surface area contributed by atoms with Crippen molar-refractivity contribution in [1.82, 2.24) is 30.1 Å². The first-order valence-electron chi connectivity index (χ1n) is 11.8. The second-order valence-corrected chi connectivity index (χ2v) is 9.65.